The van der Waals surface area contributed by atoms with Gasteiger partial charge in [0, 0.05) is 24.9 Å². The highest BCUT2D eigenvalue weighted by Crippen LogP contribution is 2.19. The van der Waals surface area contributed by atoms with Gasteiger partial charge in [-0.25, -0.2) is 4.99 Å². The van der Waals surface area contributed by atoms with Gasteiger partial charge in [-0.1, -0.05) is 13.3 Å². The Bertz CT molecular complexity index is 486. The number of halogens is 1. The van der Waals surface area contributed by atoms with Gasteiger partial charge in [0.1, 0.15) is 12.4 Å². The van der Waals surface area contributed by atoms with Crippen molar-refractivity contribution in [2.75, 3.05) is 19.3 Å². The zero-order chi connectivity index (χ0) is 16.6. The fourth-order valence-corrected chi connectivity index (χ4v) is 1.88. The normalized spacial score (nSPS) is 12.0. The number of thioether (sulfide) groups is 1. The van der Waals surface area contributed by atoms with Crippen LogP contribution in [0.5, 0.6) is 0 Å². The monoisotopic (exact) mass is 454 g/mol. The lowest BCUT2D eigenvalue weighted by Crippen LogP contribution is -2.43. The van der Waals surface area contributed by atoms with E-state index in [1.165, 1.54) is 6.42 Å². The van der Waals surface area contributed by atoms with Crippen molar-refractivity contribution in [3.8, 4) is 0 Å². The number of aryl methyl sites for hydroxylation is 1. The van der Waals surface area contributed by atoms with Gasteiger partial charge in [-0.2, -0.15) is 11.8 Å². The van der Waals surface area contributed by atoms with Gasteiger partial charge in [-0.05, 0) is 33.4 Å². The number of aliphatic imine (C=N–C) groups is 1. The van der Waals surface area contributed by atoms with E-state index in [9.17, 15) is 0 Å². The molecule has 0 aliphatic heterocycles. The van der Waals surface area contributed by atoms with Gasteiger partial charge < -0.3 is 15.2 Å². The minimum Gasteiger partial charge on any atom is -0.356 e. The van der Waals surface area contributed by atoms with E-state index in [0.29, 0.717) is 6.54 Å². The van der Waals surface area contributed by atoms with Crippen LogP contribution in [0.3, 0.4) is 0 Å². The van der Waals surface area contributed by atoms with Gasteiger partial charge in [0.15, 0.2) is 11.8 Å². The molecule has 1 rings (SSSR count). The molecular weight excluding hydrogens is 423 g/mol. The first kappa shape index (κ1) is 22.5. The molecule has 0 unspecified atom stereocenters. The standard InChI is InChI=1S/C15H30N6S.HI/c1-7-8-9-16-14(18-11-15(3,4)22-6)17-10-13-20-19-12(2)21(13)5;/h7-11H2,1-6H3,(H2,16,17,18);1H. The first-order valence-corrected chi connectivity index (χ1v) is 9.04. The van der Waals surface area contributed by atoms with Gasteiger partial charge in [-0.15, -0.1) is 34.2 Å². The summed E-state index contributed by atoms with van der Waals surface area (Å²) in [5.74, 6) is 2.62. The highest BCUT2D eigenvalue weighted by Gasteiger charge is 2.16. The van der Waals surface area contributed by atoms with Crippen molar-refractivity contribution in [1.29, 1.82) is 0 Å². The van der Waals surface area contributed by atoms with Crippen LogP contribution < -0.4 is 10.6 Å². The molecule has 8 heteroatoms. The van der Waals surface area contributed by atoms with E-state index in [1.807, 2.05) is 30.3 Å². The van der Waals surface area contributed by atoms with Crippen LogP contribution in [0.25, 0.3) is 0 Å². The molecule has 1 aromatic heterocycles. The van der Waals surface area contributed by atoms with E-state index >= 15 is 0 Å². The van der Waals surface area contributed by atoms with Crippen LogP contribution in [0.15, 0.2) is 4.99 Å². The largest absolute Gasteiger partial charge is 0.356 e. The number of aromatic nitrogens is 3. The Morgan fingerprint density at radius 1 is 1.30 bits per heavy atom. The second-order valence-corrected chi connectivity index (χ2v) is 7.50. The Morgan fingerprint density at radius 2 is 2.00 bits per heavy atom. The molecule has 2 N–H and O–H groups in total. The molecule has 0 atom stereocenters. The number of nitrogens with one attached hydrogen (secondary N) is 2. The smallest absolute Gasteiger partial charge is 0.191 e. The summed E-state index contributed by atoms with van der Waals surface area (Å²) >= 11 is 1.85. The van der Waals surface area contributed by atoms with Crippen LogP contribution >= 0.6 is 35.7 Å². The third kappa shape index (κ3) is 8.23. The van der Waals surface area contributed by atoms with Crippen LogP contribution in [0.1, 0.15) is 45.3 Å². The minimum atomic E-state index is 0. The van der Waals surface area contributed by atoms with Crippen molar-refractivity contribution < 1.29 is 0 Å². The van der Waals surface area contributed by atoms with Crippen LogP contribution in [-0.4, -0.2) is 44.8 Å². The zero-order valence-corrected chi connectivity index (χ0v) is 18.3. The van der Waals surface area contributed by atoms with Crippen molar-refractivity contribution in [3.63, 3.8) is 0 Å². The maximum absolute atomic E-state index is 4.64. The third-order valence-electron chi connectivity index (χ3n) is 3.62. The van der Waals surface area contributed by atoms with E-state index in [4.69, 9.17) is 0 Å². The summed E-state index contributed by atoms with van der Waals surface area (Å²) in [6, 6.07) is 0. The van der Waals surface area contributed by atoms with E-state index in [-0.39, 0.29) is 28.7 Å². The van der Waals surface area contributed by atoms with Crippen molar-refractivity contribution >= 4 is 41.7 Å². The quantitative estimate of drug-likeness (QED) is 0.274. The Morgan fingerprint density at radius 3 is 2.52 bits per heavy atom. The fraction of sp³-hybridized carbons (Fsp3) is 0.800. The molecule has 0 aliphatic rings. The molecule has 0 amide bonds. The summed E-state index contributed by atoms with van der Waals surface area (Å²) in [6.07, 6.45) is 4.43. The summed E-state index contributed by atoms with van der Waals surface area (Å²) in [4.78, 5) is 4.64. The summed E-state index contributed by atoms with van der Waals surface area (Å²) in [6.45, 7) is 10.9. The second-order valence-electron chi connectivity index (χ2n) is 5.98. The van der Waals surface area contributed by atoms with Crippen LogP contribution in [0, 0.1) is 6.92 Å². The van der Waals surface area contributed by atoms with Gasteiger partial charge in [0.25, 0.3) is 0 Å². The second kappa shape index (κ2) is 11.1. The van der Waals surface area contributed by atoms with E-state index in [0.717, 1.165) is 37.1 Å². The zero-order valence-electron chi connectivity index (χ0n) is 15.1. The average molecular weight is 454 g/mol. The van der Waals surface area contributed by atoms with Gasteiger partial charge in [0.2, 0.25) is 0 Å². The SMILES string of the molecule is CCCCNC(=NCc1nnc(C)n1C)NCC(C)(C)SC.I. The van der Waals surface area contributed by atoms with Crippen molar-refractivity contribution in [2.24, 2.45) is 12.0 Å². The van der Waals surface area contributed by atoms with Gasteiger partial charge in [-0.3, -0.25) is 0 Å². The molecule has 6 nitrogen and oxygen atoms in total. The number of hydrogen-bond acceptors (Lipinski definition) is 4. The minimum absolute atomic E-state index is 0. The lowest BCUT2D eigenvalue weighted by atomic mass is 10.2. The van der Waals surface area contributed by atoms with E-state index in [1.54, 1.807) is 0 Å². The Labute approximate surface area is 161 Å². The molecular formula is C15H31IN6S. The molecule has 1 aromatic rings. The first-order valence-electron chi connectivity index (χ1n) is 7.82. The predicted octanol–water partition coefficient (Wildman–Crippen LogP) is 2.72. The number of guanidine groups is 1. The Kier molecular flexibility index (Phi) is 10.9. The van der Waals surface area contributed by atoms with Crippen molar-refractivity contribution in [1.82, 2.24) is 25.4 Å². The highest BCUT2D eigenvalue weighted by atomic mass is 127. The molecule has 134 valence electrons. The van der Waals surface area contributed by atoms with Gasteiger partial charge in [0.05, 0.1) is 0 Å². The van der Waals surface area contributed by atoms with Crippen LogP contribution in [0.4, 0.5) is 0 Å². The summed E-state index contributed by atoms with van der Waals surface area (Å²) in [5, 5.41) is 15.0. The summed E-state index contributed by atoms with van der Waals surface area (Å²) in [7, 11) is 1.97. The highest BCUT2D eigenvalue weighted by molar-refractivity contribution is 14.0. The molecule has 0 aliphatic carbocycles. The van der Waals surface area contributed by atoms with Gasteiger partial charge >= 0.3 is 0 Å². The predicted molar refractivity (Wildman–Crippen MR) is 111 cm³/mol. The molecule has 0 saturated carbocycles. The van der Waals surface area contributed by atoms with Crippen LogP contribution in [0.2, 0.25) is 0 Å². The molecule has 23 heavy (non-hydrogen) atoms. The topological polar surface area (TPSA) is 67.1 Å². The van der Waals surface area contributed by atoms with E-state index < -0.39 is 0 Å². The molecule has 0 saturated heterocycles. The number of unbranched alkanes of at least 4 members (excludes halogenated alkanes) is 1. The maximum Gasteiger partial charge on any atom is 0.191 e. The van der Waals surface area contributed by atoms with Crippen molar-refractivity contribution in [3.05, 3.63) is 11.6 Å². The summed E-state index contributed by atoms with van der Waals surface area (Å²) in [5.41, 5.74) is 0. The fourth-order valence-electron chi connectivity index (χ4n) is 1.67. The number of nitrogens with zero attached hydrogens (tertiary/aromatic N) is 4. The molecule has 0 aromatic carbocycles. The number of hydrogen-bond donors (Lipinski definition) is 2. The third-order valence-corrected chi connectivity index (χ3v) is 4.87. The Hall–Kier alpha value is -0.510. The Balaban J connectivity index is 0.00000484. The first-order chi connectivity index (χ1) is 10.4. The summed E-state index contributed by atoms with van der Waals surface area (Å²) < 4.78 is 2.15. The molecule has 0 bridgehead atoms. The maximum atomic E-state index is 4.64. The molecule has 0 spiro atoms. The van der Waals surface area contributed by atoms with E-state index in [2.05, 4.69) is 52.9 Å². The number of rotatable bonds is 8. The molecule has 0 radical (unpaired) electrons. The average Bonchev–Trinajstić information content (AvgIpc) is 2.81. The van der Waals surface area contributed by atoms with Crippen LogP contribution in [-0.2, 0) is 13.6 Å². The lowest BCUT2D eigenvalue weighted by molar-refractivity contribution is 0.653. The lowest BCUT2D eigenvalue weighted by Gasteiger charge is -2.24. The van der Waals surface area contributed by atoms with Crippen molar-refractivity contribution in [2.45, 2.75) is 51.8 Å². The molecule has 1 heterocycles. The molecule has 0 fully saturated rings.